The van der Waals surface area contributed by atoms with Crippen molar-refractivity contribution in [3.05, 3.63) is 18.2 Å². The van der Waals surface area contributed by atoms with Crippen LogP contribution in [0.25, 0.3) is 0 Å². The van der Waals surface area contributed by atoms with Crippen LogP contribution in [0.3, 0.4) is 0 Å². The number of carbonyl (C=O) groups is 1. The van der Waals surface area contributed by atoms with Crippen molar-refractivity contribution in [3.63, 3.8) is 0 Å². The van der Waals surface area contributed by atoms with Crippen LogP contribution < -0.4 is 20.5 Å². The third-order valence-corrected chi connectivity index (χ3v) is 2.59. The minimum absolute atomic E-state index is 0.0294. The molecule has 0 aliphatic carbocycles. The van der Waals surface area contributed by atoms with E-state index in [2.05, 4.69) is 19.2 Å². The summed E-state index contributed by atoms with van der Waals surface area (Å²) in [6.45, 7) is 4.86. The molecular formula is C14H22N2O3. The highest BCUT2D eigenvalue weighted by Gasteiger charge is 2.07. The smallest absolute Gasteiger partial charge is 0.257 e. The fraction of sp³-hybridized carbons (Fsp3) is 0.500. The lowest BCUT2D eigenvalue weighted by molar-refractivity contribution is -0.123. The predicted octanol–water partition coefficient (Wildman–Crippen LogP) is 1.82. The van der Waals surface area contributed by atoms with Crippen LogP contribution in [-0.4, -0.2) is 26.2 Å². The summed E-state index contributed by atoms with van der Waals surface area (Å²) in [6.07, 6.45) is 0.955. The maximum atomic E-state index is 11.6. The fourth-order valence-electron chi connectivity index (χ4n) is 1.50. The molecule has 0 unspecified atom stereocenters. The Bertz CT molecular complexity index is 419. The molecule has 1 aromatic carbocycles. The average molecular weight is 266 g/mol. The van der Waals surface area contributed by atoms with Gasteiger partial charge in [-0.3, -0.25) is 4.79 Å². The van der Waals surface area contributed by atoms with Crippen molar-refractivity contribution >= 4 is 11.6 Å². The molecule has 0 bridgehead atoms. The monoisotopic (exact) mass is 266 g/mol. The number of anilines is 1. The highest BCUT2D eigenvalue weighted by molar-refractivity contribution is 5.77. The molecule has 0 heterocycles. The maximum absolute atomic E-state index is 11.6. The molecule has 0 saturated carbocycles. The second kappa shape index (κ2) is 7.51. The van der Waals surface area contributed by atoms with E-state index < -0.39 is 0 Å². The summed E-state index contributed by atoms with van der Waals surface area (Å²) in [5.74, 6) is 1.46. The second-order valence-electron chi connectivity index (χ2n) is 4.73. The molecule has 0 aromatic heterocycles. The first-order chi connectivity index (χ1) is 9.02. The second-order valence-corrected chi connectivity index (χ2v) is 4.73. The van der Waals surface area contributed by atoms with E-state index in [1.807, 2.05) is 0 Å². The van der Waals surface area contributed by atoms with E-state index in [-0.39, 0.29) is 12.5 Å². The topological polar surface area (TPSA) is 73.6 Å². The number of hydrogen-bond donors (Lipinski definition) is 2. The van der Waals surface area contributed by atoms with E-state index in [1.165, 1.54) is 7.11 Å². The van der Waals surface area contributed by atoms with Crippen LogP contribution >= 0.6 is 0 Å². The molecular weight excluding hydrogens is 244 g/mol. The third-order valence-electron chi connectivity index (χ3n) is 2.59. The summed E-state index contributed by atoms with van der Waals surface area (Å²) in [5.41, 5.74) is 6.23. The zero-order valence-corrected chi connectivity index (χ0v) is 11.7. The van der Waals surface area contributed by atoms with E-state index in [4.69, 9.17) is 15.2 Å². The number of ether oxygens (including phenoxy) is 2. The molecule has 5 heteroatoms. The van der Waals surface area contributed by atoms with Crippen LogP contribution in [0.4, 0.5) is 5.69 Å². The summed E-state index contributed by atoms with van der Waals surface area (Å²) < 4.78 is 10.5. The van der Waals surface area contributed by atoms with Crippen molar-refractivity contribution < 1.29 is 14.3 Å². The van der Waals surface area contributed by atoms with Crippen molar-refractivity contribution in [2.45, 2.75) is 20.3 Å². The van der Waals surface area contributed by atoms with Gasteiger partial charge in [-0.15, -0.1) is 0 Å². The van der Waals surface area contributed by atoms with Gasteiger partial charge < -0.3 is 20.5 Å². The van der Waals surface area contributed by atoms with Crippen LogP contribution in [0.5, 0.6) is 11.5 Å². The Morgan fingerprint density at radius 3 is 2.74 bits per heavy atom. The van der Waals surface area contributed by atoms with Gasteiger partial charge in [-0.05, 0) is 24.5 Å². The molecule has 0 aliphatic rings. The fourth-order valence-corrected chi connectivity index (χ4v) is 1.50. The van der Waals surface area contributed by atoms with Crippen molar-refractivity contribution in [1.82, 2.24) is 5.32 Å². The summed E-state index contributed by atoms with van der Waals surface area (Å²) >= 11 is 0. The Labute approximate surface area is 114 Å². The van der Waals surface area contributed by atoms with Crippen molar-refractivity contribution in [3.8, 4) is 11.5 Å². The first kappa shape index (κ1) is 15.1. The molecule has 0 saturated heterocycles. The molecule has 0 spiro atoms. The average Bonchev–Trinajstić information content (AvgIpc) is 2.36. The van der Waals surface area contributed by atoms with E-state index in [0.717, 1.165) is 6.42 Å². The van der Waals surface area contributed by atoms with Gasteiger partial charge in [0.05, 0.1) is 7.11 Å². The molecule has 0 aliphatic heterocycles. The standard InChI is InChI=1S/C14H22N2O3/c1-10(2)6-7-16-14(17)9-19-12-5-4-11(15)8-13(12)18-3/h4-5,8,10H,6-7,9,15H2,1-3H3,(H,16,17). The molecule has 106 valence electrons. The molecule has 3 N–H and O–H groups in total. The number of carbonyl (C=O) groups excluding carboxylic acids is 1. The van der Waals surface area contributed by atoms with Crippen molar-refractivity contribution in [2.75, 3.05) is 26.0 Å². The van der Waals surface area contributed by atoms with Gasteiger partial charge in [0.15, 0.2) is 18.1 Å². The molecule has 1 amide bonds. The summed E-state index contributed by atoms with van der Waals surface area (Å²) in [5, 5.41) is 2.80. The molecule has 19 heavy (non-hydrogen) atoms. The minimum atomic E-state index is -0.139. The Morgan fingerprint density at radius 1 is 1.37 bits per heavy atom. The number of methoxy groups -OCH3 is 1. The highest BCUT2D eigenvalue weighted by atomic mass is 16.5. The number of nitrogens with one attached hydrogen (secondary N) is 1. The van der Waals surface area contributed by atoms with E-state index in [0.29, 0.717) is 29.6 Å². The highest BCUT2D eigenvalue weighted by Crippen LogP contribution is 2.28. The predicted molar refractivity (Wildman–Crippen MR) is 75.4 cm³/mol. The largest absolute Gasteiger partial charge is 0.493 e. The summed E-state index contributed by atoms with van der Waals surface area (Å²) in [6, 6.07) is 5.05. The lowest BCUT2D eigenvalue weighted by Crippen LogP contribution is -2.30. The summed E-state index contributed by atoms with van der Waals surface area (Å²) in [4.78, 5) is 11.6. The van der Waals surface area contributed by atoms with Crippen LogP contribution in [0, 0.1) is 5.92 Å². The Hall–Kier alpha value is -1.91. The van der Waals surface area contributed by atoms with Crippen LogP contribution in [0.15, 0.2) is 18.2 Å². The van der Waals surface area contributed by atoms with Crippen LogP contribution in [0.1, 0.15) is 20.3 Å². The molecule has 0 fully saturated rings. The first-order valence-corrected chi connectivity index (χ1v) is 6.36. The van der Waals surface area contributed by atoms with E-state index in [1.54, 1.807) is 18.2 Å². The zero-order chi connectivity index (χ0) is 14.3. The Kier molecular flexibility index (Phi) is 5.99. The molecule has 1 aromatic rings. The molecule has 0 radical (unpaired) electrons. The molecule has 0 atom stereocenters. The number of hydrogen-bond acceptors (Lipinski definition) is 4. The van der Waals surface area contributed by atoms with Gasteiger partial charge >= 0.3 is 0 Å². The number of rotatable bonds is 7. The maximum Gasteiger partial charge on any atom is 0.257 e. The number of amides is 1. The van der Waals surface area contributed by atoms with Gasteiger partial charge in [0.1, 0.15) is 0 Å². The molecule has 1 rings (SSSR count). The number of nitrogen functional groups attached to an aromatic ring is 1. The van der Waals surface area contributed by atoms with Crippen LogP contribution in [0.2, 0.25) is 0 Å². The summed E-state index contributed by atoms with van der Waals surface area (Å²) in [7, 11) is 1.53. The van der Waals surface area contributed by atoms with Gasteiger partial charge in [-0.1, -0.05) is 13.8 Å². The van der Waals surface area contributed by atoms with E-state index >= 15 is 0 Å². The Balaban J connectivity index is 2.41. The van der Waals surface area contributed by atoms with Crippen LogP contribution in [-0.2, 0) is 4.79 Å². The normalized spacial score (nSPS) is 10.3. The van der Waals surface area contributed by atoms with Crippen molar-refractivity contribution in [2.24, 2.45) is 5.92 Å². The quantitative estimate of drug-likeness (QED) is 0.738. The third kappa shape index (κ3) is 5.50. The van der Waals surface area contributed by atoms with Gasteiger partial charge in [0.2, 0.25) is 0 Å². The SMILES string of the molecule is COc1cc(N)ccc1OCC(=O)NCCC(C)C. The molecule has 5 nitrogen and oxygen atoms in total. The first-order valence-electron chi connectivity index (χ1n) is 6.36. The van der Waals surface area contributed by atoms with Gasteiger partial charge in [-0.25, -0.2) is 0 Å². The van der Waals surface area contributed by atoms with E-state index in [9.17, 15) is 4.79 Å². The van der Waals surface area contributed by atoms with Gasteiger partial charge in [0, 0.05) is 18.3 Å². The zero-order valence-electron chi connectivity index (χ0n) is 11.7. The van der Waals surface area contributed by atoms with Gasteiger partial charge in [-0.2, -0.15) is 0 Å². The lowest BCUT2D eigenvalue weighted by atomic mass is 10.1. The van der Waals surface area contributed by atoms with Gasteiger partial charge in [0.25, 0.3) is 5.91 Å². The van der Waals surface area contributed by atoms with Crippen molar-refractivity contribution in [1.29, 1.82) is 0 Å². The Morgan fingerprint density at radius 2 is 2.11 bits per heavy atom. The minimum Gasteiger partial charge on any atom is -0.493 e. The number of nitrogens with two attached hydrogens (primary N) is 1. The number of benzene rings is 1. The lowest BCUT2D eigenvalue weighted by Gasteiger charge is -2.11.